The lowest BCUT2D eigenvalue weighted by molar-refractivity contribution is -0.135. The number of amides is 1. The highest BCUT2D eigenvalue weighted by Crippen LogP contribution is 2.24. The summed E-state index contributed by atoms with van der Waals surface area (Å²) >= 11 is 7.58. The van der Waals surface area contributed by atoms with E-state index in [9.17, 15) is 9.18 Å². The van der Waals surface area contributed by atoms with Crippen LogP contribution < -0.4 is 4.74 Å². The summed E-state index contributed by atoms with van der Waals surface area (Å²) in [6.07, 6.45) is 0. The average Bonchev–Trinajstić information content (AvgIpc) is 3.22. The number of thiazole rings is 1. The van der Waals surface area contributed by atoms with Crippen molar-refractivity contribution >= 4 is 28.8 Å². The summed E-state index contributed by atoms with van der Waals surface area (Å²) in [5, 5.41) is 3.81. The van der Waals surface area contributed by atoms with Gasteiger partial charge in [0, 0.05) is 42.1 Å². The molecule has 4 rings (SSSR count). The third-order valence-corrected chi connectivity index (χ3v) is 6.05. The second-order valence-corrected chi connectivity index (χ2v) is 8.39. The van der Waals surface area contributed by atoms with Gasteiger partial charge in [0.15, 0.2) is 18.2 Å². The Kier molecular flexibility index (Phi) is 6.62. The van der Waals surface area contributed by atoms with Gasteiger partial charge in [-0.15, -0.1) is 11.3 Å². The Labute approximate surface area is 183 Å². The van der Waals surface area contributed by atoms with E-state index < -0.39 is 5.82 Å². The highest BCUT2D eigenvalue weighted by atomic mass is 35.5. The molecule has 30 heavy (non-hydrogen) atoms. The fraction of sp³-hybridized carbons (Fsp3) is 0.273. The molecule has 1 aliphatic heterocycles. The SMILES string of the molecule is O=C(COc1ccccc1F)N1CCN(Cc2nc(-c3ccc(Cl)cc3)cs2)CC1. The van der Waals surface area contributed by atoms with Gasteiger partial charge in [0.1, 0.15) is 5.01 Å². The van der Waals surface area contributed by atoms with Crippen LogP contribution in [0.3, 0.4) is 0 Å². The molecule has 1 saturated heterocycles. The van der Waals surface area contributed by atoms with E-state index in [1.54, 1.807) is 28.4 Å². The molecule has 0 saturated carbocycles. The summed E-state index contributed by atoms with van der Waals surface area (Å²) in [5.41, 5.74) is 2.00. The second kappa shape index (κ2) is 9.55. The van der Waals surface area contributed by atoms with Crippen molar-refractivity contribution in [3.63, 3.8) is 0 Å². The van der Waals surface area contributed by atoms with E-state index in [0.717, 1.165) is 35.9 Å². The highest BCUT2D eigenvalue weighted by molar-refractivity contribution is 7.09. The van der Waals surface area contributed by atoms with Crippen LogP contribution in [0.25, 0.3) is 11.3 Å². The first-order chi connectivity index (χ1) is 14.6. The molecule has 3 aromatic rings. The van der Waals surface area contributed by atoms with Gasteiger partial charge in [-0.1, -0.05) is 35.9 Å². The molecule has 1 amide bonds. The average molecular weight is 446 g/mol. The predicted octanol–water partition coefficient (Wildman–Crippen LogP) is 4.33. The van der Waals surface area contributed by atoms with Crippen LogP contribution >= 0.6 is 22.9 Å². The summed E-state index contributed by atoms with van der Waals surface area (Å²) in [4.78, 5) is 21.1. The number of para-hydroxylation sites is 1. The molecule has 0 radical (unpaired) electrons. The van der Waals surface area contributed by atoms with Gasteiger partial charge in [-0.05, 0) is 24.3 Å². The molecule has 0 spiro atoms. The highest BCUT2D eigenvalue weighted by Gasteiger charge is 2.22. The van der Waals surface area contributed by atoms with E-state index in [0.29, 0.717) is 18.1 Å². The van der Waals surface area contributed by atoms with E-state index in [4.69, 9.17) is 21.3 Å². The van der Waals surface area contributed by atoms with Gasteiger partial charge in [-0.2, -0.15) is 0 Å². The number of nitrogens with zero attached hydrogens (tertiary/aromatic N) is 3. The third-order valence-electron chi connectivity index (χ3n) is 4.96. The maximum absolute atomic E-state index is 13.6. The minimum absolute atomic E-state index is 0.102. The number of benzene rings is 2. The third kappa shape index (κ3) is 5.16. The number of carbonyl (C=O) groups excluding carboxylic acids is 1. The molecule has 0 N–H and O–H groups in total. The summed E-state index contributed by atoms with van der Waals surface area (Å²) in [6.45, 7) is 3.37. The molecular weight excluding hydrogens is 425 g/mol. The Hall–Kier alpha value is -2.48. The standard InChI is InChI=1S/C22H21ClFN3O2S/c23-17-7-5-16(6-8-17)19-15-30-21(25-19)13-26-9-11-27(12-10-26)22(28)14-29-20-4-2-1-3-18(20)24/h1-8,15H,9-14H2. The van der Waals surface area contributed by atoms with E-state index in [-0.39, 0.29) is 18.3 Å². The van der Waals surface area contributed by atoms with E-state index in [2.05, 4.69) is 10.3 Å². The number of aromatic nitrogens is 1. The van der Waals surface area contributed by atoms with Crippen molar-refractivity contribution in [3.05, 3.63) is 69.8 Å². The molecule has 0 bridgehead atoms. The quantitative estimate of drug-likeness (QED) is 0.566. The minimum atomic E-state index is -0.462. The van der Waals surface area contributed by atoms with Crippen molar-refractivity contribution in [2.45, 2.75) is 6.54 Å². The molecule has 2 aromatic carbocycles. The predicted molar refractivity (Wildman–Crippen MR) is 116 cm³/mol. The molecule has 8 heteroatoms. The van der Waals surface area contributed by atoms with Gasteiger partial charge >= 0.3 is 0 Å². The van der Waals surface area contributed by atoms with Crippen molar-refractivity contribution in [1.82, 2.24) is 14.8 Å². The van der Waals surface area contributed by atoms with Crippen molar-refractivity contribution in [1.29, 1.82) is 0 Å². The maximum atomic E-state index is 13.6. The Morgan fingerprint density at radius 3 is 2.57 bits per heavy atom. The zero-order valence-corrected chi connectivity index (χ0v) is 17.8. The molecule has 0 atom stereocenters. The summed E-state index contributed by atoms with van der Waals surface area (Å²) in [7, 11) is 0. The Morgan fingerprint density at radius 2 is 1.83 bits per heavy atom. The zero-order chi connectivity index (χ0) is 20.9. The van der Waals surface area contributed by atoms with Gasteiger partial charge in [0.25, 0.3) is 5.91 Å². The van der Waals surface area contributed by atoms with Crippen LogP contribution in [0, 0.1) is 5.82 Å². The normalized spacial score (nSPS) is 14.7. The van der Waals surface area contributed by atoms with E-state index in [1.165, 1.54) is 12.1 Å². The fourth-order valence-corrected chi connectivity index (χ4v) is 4.25. The molecule has 1 aromatic heterocycles. The van der Waals surface area contributed by atoms with Gasteiger partial charge < -0.3 is 9.64 Å². The topological polar surface area (TPSA) is 45.7 Å². The first-order valence-electron chi connectivity index (χ1n) is 9.66. The molecule has 156 valence electrons. The second-order valence-electron chi connectivity index (χ2n) is 7.01. The number of carbonyl (C=O) groups is 1. The smallest absolute Gasteiger partial charge is 0.260 e. The van der Waals surface area contributed by atoms with Crippen molar-refractivity contribution in [2.75, 3.05) is 32.8 Å². The van der Waals surface area contributed by atoms with Crippen LogP contribution in [0.15, 0.2) is 53.9 Å². The lowest BCUT2D eigenvalue weighted by atomic mass is 10.2. The van der Waals surface area contributed by atoms with Gasteiger partial charge in [0.2, 0.25) is 0 Å². The van der Waals surface area contributed by atoms with Crippen molar-refractivity contribution < 1.29 is 13.9 Å². The summed E-state index contributed by atoms with van der Waals surface area (Å²) in [6, 6.07) is 13.8. The van der Waals surface area contributed by atoms with Crippen molar-refractivity contribution in [3.8, 4) is 17.0 Å². The molecule has 0 aliphatic carbocycles. The fourth-order valence-electron chi connectivity index (χ4n) is 3.28. The molecule has 2 heterocycles. The number of rotatable bonds is 6. The van der Waals surface area contributed by atoms with Crippen LogP contribution in [0.5, 0.6) is 5.75 Å². The Balaban J connectivity index is 1.25. The molecular formula is C22H21ClFN3O2S. The largest absolute Gasteiger partial charge is 0.481 e. The lowest BCUT2D eigenvalue weighted by Crippen LogP contribution is -2.49. The number of halogens is 2. The van der Waals surface area contributed by atoms with Crippen molar-refractivity contribution in [2.24, 2.45) is 0 Å². The van der Waals surface area contributed by atoms with Crippen LogP contribution in [0.2, 0.25) is 5.02 Å². The van der Waals surface area contributed by atoms with E-state index in [1.807, 2.05) is 24.3 Å². The number of hydrogen-bond donors (Lipinski definition) is 0. The van der Waals surface area contributed by atoms with Crippen LogP contribution in [-0.4, -0.2) is 53.5 Å². The van der Waals surface area contributed by atoms with Gasteiger partial charge in [-0.3, -0.25) is 9.69 Å². The summed E-state index contributed by atoms with van der Waals surface area (Å²) < 4.78 is 18.9. The van der Waals surface area contributed by atoms with Crippen LogP contribution in [-0.2, 0) is 11.3 Å². The number of piperazine rings is 1. The Bertz CT molecular complexity index is 1000. The number of hydrogen-bond acceptors (Lipinski definition) is 5. The molecule has 1 fully saturated rings. The van der Waals surface area contributed by atoms with Gasteiger partial charge in [-0.25, -0.2) is 9.37 Å². The first-order valence-corrected chi connectivity index (χ1v) is 10.9. The van der Waals surface area contributed by atoms with E-state index >= 15 is 0 Å². The molecule has 0 unspecified atom stereocenters. The Morgan fingerprint density at radius 1 is 1.10 bits per heavy atom. The minimum Gasteiger partial charge on any atom is -0.481 e. The maximum Gasteiger partial charge on any atom is 0.260 e. The monoisotopic (exact) mass is 445 g/mol. The number of ether oxygens (including phenoxy) is 1. The van der Waals surface area contributed by atoms with Crippen LogP contribution in [0.1, 0.15) is 5.01 Å². The van der Waals surface area contributed by atoms with Gasteiger partial charge in [0.05, 0.1) is 12.2 Å². The molecule has 1 aliphatic rings. The lowest BCUT2D eigenvalue weighted by Gasteiger charge is -2.34. The first kappa shape index (κ1) is 20.8. The molecule has 5 nitrogen and oxygen atoms in total. The van der Waals surface area contributed by atoms with Crippen LogP contribution in [0.4, 0.5) is 4.39 Å². The summed E-state index contributed by atoms with van der Waals surface area (Å²) in [5.74, 6) is -0.488. The zero-order valence-electron chi connectivity index (χ0n) is 16.3.